The van der Waals surface area contributed by atoms with Gasteiger partial charge in [0.1, 0.15) is 18.9 Å². The number of amidine groups is 1. The molecule has 1 saturated heterocycles. The Kier molecular flexibility index (Phi) is 7.02. The first kappa shape index (κ1) is 23.3. The topological polar surface area (TPSA) is 90.1 Å². The average Bonchev–Trinajstić information content (AvgIpc) is 3.57. The lowest BCUT2D eigenvalue weighted by Crippen LogP contribution is -2.35. The number of nitrogens with zero attached hydrogens (tertiary/aromatic N) is 4. The highest BCUT2D eigenvalue weighted by Gasteiger charge is 2.39. The molecule has 1 unspecified atom stereocenters. The summed E-state index contributed by atoms with van der Waals surface area (Å²) in [5.41, 5.74) is 2.68. The molecule has 1 aliphatic rings. The number of carbonyl (C=O) groups is 1. The fourth-order valence-corrected chi connectivity index (χ4v) is 4.25. The molecule has 2 heterocycles. The molecule has 8 heteroatoms. The van der Waals surface area contributed by atoms with Crippen molar-refractivity contribution in [2.24, 2.45) is 5.16 Å². The van der Waals surface area contributed by atoms with Crippen LogP contribution in [-0.2, 0) is 11.3 Å². The van der Waals surface area contributed by atoms with Gasteiger partial charge in [0.05, 0.1) is 13.0 Å². The predicted molar refractivity (Wildman–Crippen MR) is 134 cm³/mol. The fraction of sp³-hybridized carbons (Fsp3) is 0.214. The molecule has 1 amide bonds. The van der Waals surface area contributed by atoms with Crippen molar-refractivity contribution in [2.45, 2.75) is 25.3 Å². The highest BCUT2D eigenvalue weighted by molar-refractivity contribution is 6.07. The number of oxime groups is 1. The molecule has 1 atom stereocenters. The number of benzene rings is 3. The van der Waals surface area contributed by atoms with Crippen LogP contribution in [-0.4, -0.2) is 40.5 Å². The van der Waals surface area contributed by atoms with Crippen LogP contribution in [0, 0.1) is 0 Å². The van der Waals surface area contributed by atoms with Crippen LogP contribution in [0.25, 0.3) is 11.1 Å². The molecule has 0 aliphatic carbocycles. The van der Waals surface area contributed by atoms with Gasteiger partial charge >= 0.3 is 0 Å². The molecule has 5 rings (SSSR count). The van der Waals surface area contributed by atoms with Crippen molar-refractivity contribution >= 4 is 11.7 Å². The van der Waals surface area contributed by atoms with Crippen LogP contribution in [0.5, 0.6) is 5.75 Å². The van der Waals surface area contributed by atoms with Crippen LogP contribution in [0.15, 0.2) is 94.6 Å². The van der Waals surface area contributed by atoms with Crippen molar-refractivity contribution in [1.29, 1.82) is 0 Å². The zero-order chi connectivity index (χ0) is 24.7. The molecule has 1 aromatic heterocycles. The number of hydrogen-bond acceptors (Lipinski definition) is 7. The Hall–Kier alpha value is -4.46. The minimum atomic E-state index is -0.396. The number of para-hydroxylation sites is 1. The van der Waals surface area contributed by atoms with Gasteiger partial charge in [-0.05, 0) is 41.8 Å². The molecule has 4 aromatic rings. The van der Waals surface area contributed by atoms with Crippen LogP contribution in [0.3, 0.4) is 0 Å². The minimum absolute atomic E-state index is 0.188. The zero-order valence-corrected chi connectivity index (χ0v) is 19.9. The number of amides is 1. The van der Waals surface area contributed by atoms with E-state index in [4.69, 9.17) is 14.1 Å². The number of hydrogen-bond donors (Lipinski definition) is 0. The van der Waals surface area contributed by atoms with Crippen molar-refractivity contribution < 1.29 is 18.9 Å². The van der Waals surface area contributed by atoms with E-state index in [0.29, 0.717) is 49.0 Å². The van der Waals surface area contributed by atoms with Crippen molar-refractivity contribution in [1.82, 2.24) is 15.0 Å². The summed E-state index contributed by atoms with van der Waals surface area (Å²) in [6.45, 7) is 0.406. The average molecular weight is 483 g/mol. The third-order valence-corrected chi connectivity index (χ3v) is 6.00. The second-order valence-corrected chi connectivity index (χ2v) is 8.32. The standard InChI is InChI=1S/C28H26N4O4/c1-34-30-25-17-16-24(27-29-26(36-31-27)18-19-35-23-10-6-3-7-11-23)32(25)28(33)22-14-12-21(13-15-22)20-8-4-2-5-9-20/h2-15,24H,16-19H2,1H3. The highest BCUT2D eigenvalue weighted by Crippen LogP contribution is 2.34. The number of carbonyl (C=O) groups excluding carboxylic acids is 1. The second kappa shape index (κ2) is 10.9. The van der Waals surface area contributed by atoms with Gasteiger partial charge in [0, 0.05) is 12.0 Å². The Balaban J connectivity index is 1.31. The van der Waals surface area contributed by atoms with Crippen LogP contribution < -0.4 is 4.74 Å². The summed E-state index contributed by atoms with van der Waals surface area (Å²) in [6.07, 6.45) is 1.64. The first-order valence-electron chi connectivity index (χ1n) is 11.8. The van der Waals surface area contributed by atoms with E-state index in [2.05, 4.69) is 15.3 Å². The van der Waals surface area contributed by atoms with Crippen molar-refractivity contribution in [2.75, 3.05) is 13.7 Å². The Morgan fingerprint density at radius 3 is 2.42 bits per heavy atom. The number of ether oxygens (including phenoxy) is 1. The Bertz CT molecular complexity index is 1320. The highest BCUT2D eigenvalue weighted by atomic mass is 16.6. The molecule has 0 radical (unpaired) electrons. The maximum absolute atomic E-state index is 13.6. The molecule has 8 nitrogen and oxygen atoms in total. The molecular weight excluding hydrogens is 456 g/mol. The predicted octanol–water partition coefficient (Wildman–Crippen LogP) is 5.30. The van der Waals surface area contributed by atoms with Gasteiger partial charge in [0.15, 0.2) is 11.7 Å². The minimum Gasteiger partial charge on any atom is -0.493 e. The summed E-state index contributed by atoms with van der Waals surface area (Å²) >= 11 is 0. The first-order valence-corrected chi connectivity index (χ1v) is 11.8. The monoisotopic (exact) mass is 482 g/mol. The number of aromatic nitrogens is 2. The smallest absolute Gasteiger partial charge is 0.259 e. The van der Waals surface area contributed by atoms with Crippen molar-refractivity contribution in [3.8, 4) is 16.9 Å². The molecule has 0 N–H and O–H groups in total. The normalized spacial score (nSPS) is 16.3. The lowest BCUT2D eigenvalue weighted by Gasteiger charge is -2.22. The van der Waals surface area contributed by atoms with Gasteiger partial charge in [0.2, 0.25) is 5.89 Å². The Labute approximate surface area is 209 Å². The molecule has 0 saturated carbocycles. The third-order valence-electron chi connectivity index (χ3n) is 6.00. The molecule has 1 fully saturated rings. The van der Waals surface area contributed by atoms with Gasteiger partial charge in [-0.15, -0.1) is 0 Å². The van der Waals surface area contributed by atoms with Gasteiger partial charge in [-0.1, -0.05) is 71.0 Å². The lowest BCUT2D eigenvalue weighted by atomic mass is 10.0. The second-order valence-electron chi connectivity index (χ2n) is 8.32. The van der Waals surface area contributed by atoms with E-state index in [1.807, 2.05) is 84.9 Å². The summed E-state index contributed by atoms with van der Waals surface area (Å²) in [7, 11) is 1.47. The molecule has 0 spiro atoms. The van der Waals surface area contributed by atoms with Crippen molar-refractivity contribution in [3.05, 3.63) is 102 Å². The van der Waals surface area contributed by atoms with Gasteiger partial charge in [0.25, 0.3) is 5.91 Å². The van der Waals surface area contributed by atoms with Gasteiger partial charge < -0.3 is 14.1 Å². The van der Waals surface area contributed by atoms with E-state index in [1.165, 1.54) is 7.11 Å². The van der Waals surface area contributed by atoms with Gasteiger partial charge in [-0.2, -0.15) is 4.98 Å². The van der Waals surface area contributed by atoms with Gasteiger partial charge in [-0.25, -0.2) is 0 Å². The summed E-state index contributed by atoms with van der Waals surface area (Å²) in [4.78, 5) is 24.8. The van der Waals surface area contributed by atoms with Crippen molar-refractivity contribution in [3.63, 3.8) is 0 Å². The molecular formula is C28H26N4O4. The van der Waals surface area contributed by atoms with Crippen LogP contribution in [0.1, 0.15) is 41.0 Å². The van der Waals surface area contributed by atoms with E-state index in [0.717, 1.165) is 16.9 Å². The van der Waals surface area contributed by atoms with E-state index >= 15 is 0 Å². The SMILES string of the molecule is CON=C1CCC(c2noc(CCOc3ccccc3)n2)N1C(=O)c1ccc(-c2ccccc2)cc1. The fourth-order valence-electron chi connectivity index (χ4n) is 4.25. The van der Waals surface area contributed by atoms with Crippen LogP contribution >= 0.6 is 0 Å². The van der Waals surface area contributed by atoms with Crippen LogP contribution in [0.4, 0.5) is 0 Å². The number of rotatable bonds is 8. The number of likely N-dealkylation sites (tertiary alicyclic amines) is 1. The molecule has 182 valence electrons. The largest absolute Gasteiger partial charge is 0.493 e. The summed E-state index contributed by atoms with van der Waals surface area (Å²) in [6, 6.07) is 26.7. The van der Waals surface area contributed by atoms with E-state index in [9.17, 15) is 4.79 Å². The Morgan fingerprint density at radius 1 is 1.00 bits per heavy atom. The van der Waals surface area contributed by atoms with Gasteiger partial charge in [-0.3, -0.25) is 9.69 Å². The zero-order valence-electron chi connectivity index (χ0n) is 19.9. The molecule has 3 aromatic carbocycles. The third kappa shape index (κ3) is 5.12. The molecule has 1 aliphatic heterocycles. The molecule has 36 heavy (non-hydrogen) atoms. The Morgan fingerprint density at radius 2 is 1.69 bits per heavy atom. The lowest BCUT2D eigenvalue weighted by molar-refractivity contribution is 0.0802. The van der Waals surface area contributed by atoms with E-state index in [-0.39, 0.29) is 5.91 Å². The van der Waals surface area contributed by atoms with E-state index < -0.39 is 6.04 Å². The maximum atomic E-state index is 13.6. The van der Waals surface area contributed by atoms with Crippen LogP contribution in [0.2, 0.25) is 0 Å². The first-order chi connectivity index (χ1) is 17.7. The molecule has 0 bridgehead atoms. The quantitative estimate of drug-likeness (QED) is 0.317. The summed E-state index contributed by atoms with van der Waals surface area (Å²) in [5.74, 6) is 2.03. The van der Waals surface area contributed by atoms with E-state index in [1.54, 1.807) is 4.90 Å². The maximum Gasteiger partial charge on any atom is 0.259 e. The summed E-state index contributed by atoms with van der Waals surface area (Å²) in [5, 5.41) is 8.27. The summed E-state index contributed by atoms with van der Waals surface area (Å²) < 4.78 is 11.2.